The predicted molar refractivity (Wildman–Crippen MR) is 69.7 cm³/mol. The van der Waals surface area contributed by atoms with E-state index in [4.69, 9.17) is 4.52 Å². The van der Waals surface area contributed by atoms with Crippen LogP contribution in [0, 0.1) is 5.92 Å². The molecule has 100 valence electrons. The van der Waals surface area contributed by atoms with Crippen molar-refractivity contribution in [3.8, 4) is 0 Å². The molecule has 2 saturated heterocycles. The van der Waals surface area contributed by atoms with E-state index in [0.29, 0.717) is 5.92 Å². The molecule has 0 amide bonds. The van der Waals surface area contributed by atoms with Gasteiger partial charge < -0.3 is 14.7 Å². The molecule has 2 aliphatic rings. The number of aromatic nitrogens is 2. The molecule has 0 atom stereocenters. The van der Waals surface area contributed by atoms with E-state index in [1.54, 1.807) is 0 Å². The fourth-order valence-corrected chi connectivity index (χ4v) is 2.88. The third-order valence-electron chi connectivity index (χ3n) is 4.02. The maximum Gasteiger partial charge on any atom is 0.266 e. The molecule has 0 radical (unpaired) electrons. The number of nitrogens with one attached hydrogen (secondary N) is 1. The van der Waals surface area contributed by atoms with Gasteiger partial charge in [-0.15, -0.1) is 0 Å². The summed E-state index contributed by atoms with van der Waals surface area (Å²) in [6.45, 7) is 4.40. The minimum atomic E-state index is 0.709. The van der Waals surface area contributed by atoms with E-state index in [0.717, 1.165) is 44.4 Å². The second-order valence-corrected chi connectivity index (χ2v) is 5.43. The molecule has 1 N–H and O–H groups in total. The zero-order valence-electron chi connectivity index (χ0n) is 10.9. The summed E-state index contributed by atoms with van der Waals surface area (Å²) in [5, 5.41) is 7.51. The zero-order chi connectivity index (χ0) is 12.2. The van der Waals surface area contributed by atoms with Gasteiger partial charge in [-0.3, -0.25) is 0 Å². The Balaban J connectivity index is 1.58. The van der Waals surface area contributed by atoms with E-state index >= 15 is 0 Å². The molecule has 5 heteroatoms. The second-order valence-electron chi connectivity index (χ2n) is 5.43. The molecule has 18 heavy (non-hydrogen) atoms. The van der Waals surface area contributed by atoms with E-state index < -0.39 is 0 Å². The topological polar surface area (TPSA) is 54.2 Å². The first-order chi connectivity index (χ1) is 8.92. The van der Waals surface area contributed by atoms with Crippen LogP contribution in [0.4, 0.5) is 5.95 Å². The smallest absolute Gasteiger partial charge is 0.266 e. The van der Waals surface area contributed by atoms with Crippen LogP contribution >= 0.6 is 0 Å². The average molecular weight is 250 g/mol. The first-order valence-electron chi connectivity index (χ1n) is 7.20. The van der Waals surface area contributed by atoms with Crippen LogP contribution in [-0.2, 0) is 6.42 Å². The molecule has 0 unspecified atom stereocenters. The molecule has 0 aliphatic carbocycles. The maximum absolute atomic E-state index is 5.40. The van der Waals surface area contributed by atoms with E-state index in [-0.39, 0.29) is 0 Å². The number of anilines is 1. The summed E-state index contributed by atoms with van der Waals surface area (Å²) in [5.41, 5.74) is 0. The number of hydrogen-bond acceptors (Lipinski definition) is 5. The summed E-state index contributed by atoms with van der Waals surface area (Å²) in [7, 11) is 0. The number of hydrogen-bond donors (Lipinski definition) is 1. The lowest BCUT2D eigenvalue weighted by Gasteiger charge is -2.24. The Hall–Kier alpha value is -1.10. The Morgan fingerprint density at radius 3 is 2.72 bits per heavy atom. The van der Waals surface area contributed by atoms with Crippen molar-refractivity contribution in [2.24, 2.45) is 5.92 Å². The fourth-order valence-electron chi connectivity index (χ4n) is 2.88. The zero-order valence-corrected chi connectivity index (χ0v) is 10.9. The number of rotatable bonds is 3. The molecule has 3 rings (SSSR count). The van der Waals surface area contributed by atoms with Gasteiger partial charge >= 0.3 is 0 Å². The van der Waals surface area contributed by atoms with Gasteiger partial charge in [0.25, 0.3) is 5.95 Å². The average Bonchev–Trinajstić information content (AvgIpc) is 2.89. The summed E-state index contributed by atoms with van der Waals surface area (Å²) < 4.78 is 5.40. The van der Waals surface area contributed by atoms with Crippen molar-refractivity contribution in [1.82, 2.24) is 15.5 Å². The summed E-state index contributed by atoms with van der Waals surface area (Å²) in [6, 6.07) is 0. The van der Waals surface area contributed by atoms with Crippen LogP contribution in [0.2, 0.25) is 0 Å². The lowest BCUT2D eigenvalue weighted by molar-refractivity contribution is 0.313. The first-order valence-corrected chi connectivity index (χ1v) is 7.20. The largest absolute Gasteiger partial charge is 0.338 e. The van der Waals surface area contributed by atoms with Gasteiger partial charge in [0.15, 0.2) is 0 Å². The van der Waals surface area contributed by atoms with Crippen LogP contribution in [0.3, 0.4) is 0 Å². The highest BCUT2D eigenvalue weighted by Gasteiger charge is 2.20. The van der Waals surface area contributed by atoms with Crippen molar-refractivity contribution in [1.29, 1.82) is 0 Å². The fraction of sp³-hybridized carbons (Fsp3) is 0.846. The van der Waals surface area contributed by atoms with Gasteiger partial charge in [0.2, 0.25) is 5.89 Å². The van der Waals surface area contributed by atoms with Gasteiger partial charge in [-0.25, -0.2) is 0 Å². The lowest BCUT2D eigenvalue weighted by atomic mass is 9.95. The molecule has 1 aromatic rings. The van der Waals surface area contributed by atoms with Crippen LogP contribution in [0.1, 0.15) is 38.0 Å². The summed E-state index contributed by atoms with van der Waals surface area (Å²) >= 11 is 0. The highest BCUT2D eigenvalue weighted by molar-refractivity contribution is 5.28. The van der Waals surface area contributed by atoms with Crippen LogP contribution in [0.5, 0.6) is 0 Å². The molecule has 0 spiro atoms. The summed E-state index contributed by atoms with van der Waals surface area (Å²) in [4.78, 5) is 6.80. The molecule has 5 nitrogen and oxygen atoms in total. The summed E-state index contributed by atoms with van der Waals surface area (Å²) in [6.07, 6.45) is 7.22. The third-order valence-corrected chi connectivity index (χ3v) is 4.02. The van der Waals surface area contributed by atoms with E-state index in [1.165, 1.54) is 32.1 Å². The second kappa shape index (κ2) is 5.69. The van der Waals surface area contributed by atoms with Crippen molar-refractivity contribution >= 4 is 5.95 Å². The predicted octanol–water partition coefficient (Wildman–Crippen LogP) is 1.60. The molecular weight excluding hydrogens is 228 g/mol. The van der Waals surface area contributed by atoms with Crippen molar-refractivity contribution in [2.75, 3.05) is 31.1 Å². The normalized spacial score (nSPS) is 22.3. The maximum atomic E-state index is 5.40. The molecule has 2 aliphatic heterocycles. The molecule has 2 fully saturated rings. The molecule has 1 aromatic heterocycles. The van der Waals surface area contributed by atoms with Gasteiger partial charge in [0, 0.05) is 19.5 Å². The SMILES string of the molecule is C1CCN(c2noc(CC3CCNCC3)n2)CC1. The van der Waals surface area contributed by atoms with Crippen molar-refractivity contribution in [3.63, 3.8) is 0 Å². The third kappa shape index (κ3) is 2.83. The standard InChI is InChI=1S/C13H22N4O/c1-2-8-17(9-3-1)13-15-12(18-16-13)10-11-4-6-14-7-5-11/h11,14H,1-10H2. The number of piperidine rings is 2. The highest BCUT2D eigenvalue weighted by Crippen LogP contribution is 2.20. The Kier molecular flexibility index (Phi) is 3.78. The number of nitrogens with zero attached hydrogens (tertiary/aromatic N) is 3. The first kappa shape index (κ1) is 12.0. The van der Waals surface area contributed by atoms with Crippen LogP contribution in [-0.4, -0.2) is 36.3 Å². The van der Waals surface area contributed by atoms with Crippen LogP contribution in [0.15, 0.2) is 4.52 Å². The quantitative estimate of drug-likeness (QED) is 0.883. The lowest BCUT2D eigenvalue weighted by Crippen LogP contribution is -2.30. The van der Waals surface area contributed by atoms with Gasteiger partial charge in [-0.05, 0) is 56.3 Å². The van der Waals surface area contributed by atoms with Gasteiger partial charge in [0.1, 0.15) is 0 Å². The van der Waals surface area contributed by atoms with Gasteiger partial charge in [0.05, 0.1) is 0 Å². The molecule has 0 saturated carbocycles. The van der Waals surface area contributed by atoms with E-state index in [9.17, 15) is 0 Å². The summed E-state index contributed by atoms with van der Waals surface area (Å²) in [5.74, 6) is 2.34. The van der Waals surface area contributed by atoms with Crippen LogP contribution in [0.25, 0.3) is 0 Å². The van der Waals surface area contributed by atoms with Crippen molar-refractivity contribution in [3.05, 3.63) is 5.89 Å². The Morgan fingerprint density at radius 2 is 1.94 bits per heavy atom. The molecular formula is C13H22N4O. The van der Waals surface area contributed by atoms with Crippen LogP contribution < -0.4 is 10.2 Å². The van der Waals surface area contributed by atoms with Gasteiger partial charge in [-0.2, -0.15) is 4.98 Å². The van der Waals surface area contributed by atoms with E-state index in [1.807, 2.05) is 0 Å². The Morgan fingerprint density at radius 1 is 1.17 bits per heavy atom. The van der Waals surface area contributed by atoms with E-state index in [2.05, 4.69) is 20.4 Å². The minimum absolute atomic E-state index is 0.709. The molecule has 0 bridgehead atoms. The highest BCUT2D eigenvalue weighted by atomic mass is 16.5. The van der Waals surface area contributed by atoms with Gasteiger partial charge in [-0.1, -0.05) is 0 Å². The molecule has 3 heterocycles. The van der Waals surface area contributed by atoms with Crippen molar-refractivity contribution < 1.29 is 4.52 Å². The van der Waals surface area contributed by atoms with Crippen molar-refractivity contribution in [2.45, 2.75) is 38.5 Å². The Labute approximate surface area is 108 Å². The minimum Gasteiger partial charge on any atom is -0.338 e. The Bertz CT molecular complexity index is 367. The molecule has 0 aromatic carbocycles. The monoisotopic (exact) mass is 250 g/mol.